The number of phenolic OH excluding ortho intramolecular Hbond substituents is 1. The molecule has 3 aromatic carbocycles. The number of aryl methyl sites for hydroxylation is 1. The van der Waals surface area contributed by atoms with Crippen molar-refractivity contribution in [1.29, 1.82) is 0 Å². The second-order valence-electron chi connectivity index (χ2n) is 7.32. The number of benzene rings is 3. The van der Waals surface area contributed by atoms with Crippen molar-refractivity contribution in [3.05, 3.63) is 101 Å². The van der Waals surface area contributed by atoms with Crippen LogP contribution in [-0.4, -0.2) is 20.8 Å². The summed E-state index contributed by atoms with van der Waals surface area (Å²) in [6, 6.07) is 23.5. The molecule has 1 atom stereocenters. The number of aromatic hydroxyl groups is 1. The molecule has 1 unspecified atom stereocenters. The molecule has 2 N–H and O–H groups in total. The highest BCUT2D eigenvalue weighted by Crippen LogP contribution is 2.40. The number of phenols is 1. The first-order valence-corrected chi connectivity index (χ1v) is 10.2. The van der Waals surface area contributed by atoms with Crippen molar-refractivity contribution in [2.45, 2.75) is 13.1 Å². The summed E-state index contributed by atoms with van der Waals surface area (Å²) in [5.74, 6) is -0.0304. The van der Waals surface area contributed by atoms with E-state index >= 15 is 0 Å². The third-order valence-corrected chi connectivity index (χ3v) is 5.74. The summed E-state index contributed by atoms with van der Waals surface area (Å²) in [6.45, 7) is 1.88. The van der Waals surface area contributed by atoms with Crippen molar-refractivity contribution in [2.24, 2.45) is 0 Å². The number of rotatable bonds is 3. The lowest BCUT2D eigenvalue weighted by Gasteiger charge is -2.38. The van der Waals surface area contributed by atoms with Crippen molar-refractivity contribution < 1.29 is 9.90 Å². The molecular weight excluding hydrogens is 412 g/mol. The number of para-hydroxylation sites is 2. The van der Waals surface area contributed by atoms with Crippen LogP contribution in [0.3, 0.4) is 0 Å². The lowest BCUT2D eigenvalue weighted by atomic mass is 10.0. The summed E-state index contributed by atoms with van der Waals surface area (Å²) in [5.41, 5.74) is 4.19. The average molecular weight is 431 g/mol. The molecule has 0 saturated carbocycles. The zero-order valence-electron chi connectivity index (χ0n) is 16.7. The van der Waals surface area contributed by atoms with Gasteiger partial charge in [-0.25, -0.2) is 4.68 Å². The summed E-state index contributed by atoms with van der Waals surface area (Å²) >= 11 is 6.83. The van der Waals surface area contributed by atoms with E-state index in [9.17, 15) is 9.90 Å². The van der Waals surface area contributed by atoms with E-state index in [0.29, 0.717) is 27.7 Å². The van der Waals surface area contributed by atoms with Crippen LogP contribution >= 0.6 is 11.6 Å². The van der Waals surface area contributed by atoms with Gasteiger partial charge < -0.3 is 10.4 Å². The first-order valence-electron chi connectivity index (χ1n) is 9.83. The maximum Gasteiger partial charge on any atom is 0.262 e. The molecule has 7 heteroatoms. The van der Waals surface area contributed by atoms with E-state index in [0.717, 1.165) is 11.4 Å². The van der Waals surface area contributed by atoms with Crippen LogP contribution in [0.5, 0.6) is 5.75 Å². The second kappa shape index (κ2) is 7.49. The van der Waals surface area contributed by atoms with Gasteiger partial charge in [-0.15, -0.1) is 0 Å². The number of halogens is 1. The Hall–Kier alpha value is -3.77. The summed E-state index contributed by atoms with van der Waals surface area (Å²) in [7, 11) is 0. The summed E-state index contributed by atoms with van der Waals surface area (Å²) in [6.07, 6.45) is -0.572. The van der Waals surface area contributed by atoms with Gasteiger partial charge in [-0.3, -0.25) is 9.69 Å². The Morgan fingerprint density at radius 1 is 0.935 bits per heavy atom. The third-order valence-electron chi connectivity index (χ3n) is 5.38. The van der Waals surface area contributed by atoms with Gasteiger partial charge >= 0.3 is 0 Å². The monoisotopic (exact) mass is 430 g/mol. The second-order valence-corrected chi connectivity index (χ2v) is 7.68. The maximum atomic E-state index is 13.5. The SMILES string of the molecule is Cc1nn(-c2ccccc2)c(Cl)c1C1Nc2ccccc2C(=O)N1c1ccc(O)cc1. The van der Waals surface area contributed by atoms with Gasteiger partial charge in [0.15, 0.2) is 0 Å². The van der Waals surface area contributed by atoms with Crippen LogP contribution in [0.25, 0.3) is 5.69 Å². The molecule has 4 aromatic rings. The number of hydrogen-bond donors (Lipinski definition) is 2. The summed E-state index contributed by atoms with van der Waals surface area (Å²) < 4.78 is 1.67. The molecule has 0 aliphatic carbocycles. The molecule has 1 amide bonds. The predicted molar refractivity (Wildman–Crippen MR) is 121 cm³/mol. The molecule has 1 aliphatic rings. The summed E-state index contributed by atoms with van der Waals surface area (Å²) in [4.78, 5) is 15.2. The number of nitrogens with one attached hydrogen (secondary N) is 1. The Morgan fingerprint density at radius 3 is 2.35 bits per heavy atom. The Kier molecular flexibility index (Phi) is 4.64. The van der Waals surface area contributed by atoms with Gasteiger partial charge in [0.1, 0.15) is 17.1 Å². The van der Waals surface area contributed by atoms with E-state index in [1.54, 1.807) is 39.9 Å². The molecule has 0 radical (unpaired) electrons. The van der Waals surface area contributed by atoms with E-state index in [2.05, 4.69) is 10.4 Å². The van der Waals surface area contributed by atoms with Gasteiger partial charge in [-0.05, 0) is 55.5 Å². The number of aromatic nitrogens is 2. The van der Waals surface area contributed by atoms with Gasteiger partial charge in [0.05, 0.1) is 22.5 Å². The number of carbonyl (C=O) groups is 1. The largest absolute Gasteiger partial charge is 0.508 e. The highest BCUT2D eigenvalue weighted by molar-refractivity contribution is 6.31. The van der Waals surface area contributed by atoms with Crippen molar-refractivity contribution in [3.63, 3.8) is 0 Å². The Labute approximate surface area is 184 Å². The van der Waals surface area contributed by atoms with Gasteiger partial charge in [-0.1, -0.05) is 41.9 Å². The van der Waals surface area contributed by atoms with Gasteiger partial charge in [0.2, 0.25) is 0 Å². The zero-order chi connectivity index (χ0) is 21.5. The number of carbonyl (C=O) groups excluding carboxylic acids is 1. The standard InChI is InChI=1S/C24H19ClN4O2/c1-15-21(22(25)29(27-15)17-7-3-2-4-8-17)23-26-20-10-6-5-9-19(20)24(31)28(23)16-11-13-18(30)14-12-16/h2-14,23,26,30H,1H3. The maximum absolute atomic E-state index is 13.5. The summed E-state index contributed by atoms with van der Waals surface area (Å²) in [5, 5.41) is 18.3. The van der Waals surface area contributed by atoms with Crippen molar-refractivity contribution in [1.82, 2.24) is 9.78 Å². The van der Waals surface area contributed by atoms with E-state index in [4.69, 9.17) is 11.6 Å². The smallest absolute Gasteiger partial charge is 0.262 e. The zero-order valence-corrected chi connectivity index (χ0v) is 17.4. The topological polar surface area (TPSA) is 70.4 Å². The van der Waals surface area contributed by atoms with Crippen molar-refractivity contribution in [2.75, 3.05) is 10.2 Å². The fraction of sp³-hybridized carbons (Fsp3) is 0.0833. The molecule has 0 saturated heterocycles. The van der Waals surface area contributed by atoms with Gasteiger partial charge in [-0.2, -0.15) is 5.10 Å². The van der Waals surface area contributed by atoms with Gasteiger partial charge in [0, 0.05) is 11.4 Å². The molecule has 5 rings (SSSR count). The third kappa shape index (κ3) is 3.21. The molecule has 154 valence electrons. The van der Waals surface area contributed by atoms with Crippen LogP contribution < -0.4 is 10.2 Å². The average Bonchev–Trinajstić information content (AvgIpc) is 3.09. The number of fused-ring (bicyclic) bond motifs is 1. The lowest BCUT2D eigenvalue weighted by molar-refractivity contribution is 0.0975. The van der Waals surface area contributed by atoms with E-state index < -0.39 is 6.17 Å². The molecule has 0 fully saturated rings. The highest BCUT2D eigenvalue weighted by atomic mass is 35.5. The minimum absolute atomic E-state index is 0.129. The van der Waals surface area contributed by atoms with Crippen molar-refractivity contribution >= 4 is 28.9 Å². The van der Waals surface area contributed by atoms with Crippen LogP contribution in [0.4, 0.5) is 11.4 Å². The molecule has 0 spiro atoms. The fourth-order valence-corrected chi connectivity index (χ4v) is 4.27. The van der Waals surface area contributed by atoms with Crippen LogP contribution in [0, 0.1) is 6.92 Å². The minimum Gasteiger partial charge on any atom is -0.508 e. The molecule has 6 nitrogen and oxygen atoms in total. The normalized spacial score (nSPS) is 15.5. The first kappa shape index (κ1) is 19.2. The molecular formula is C24H19ClN4O2. The Morgan fingerprint density at radius 2 is 1.61 bits per heavy atom. The van der Waals surface area contributed by atoms with Crippen LogP contribution in [0.15, 0.2) is 78.9 Å². The molecule has 2 heterocycles. The number of hydrogen-bond acceptors (Lipinski definition) is 4. The van der Waals surface area contributed by atoms with Gasteiger partial charge in [0.25, 0.3) is 5.91 Å². The minimum atomic E-state index is -0.572. The van der Waals surface area contributed by atoms with E-state index in [-0.39, 0.29) is 11.7 Å². The number of nitrogens with zero attached hydrogens (tertiary/aromatic N) is 3. The van der Waals surface area contributed by atoms with Crippen LogP contribution in [0.2, 0.25) is 5.15 Å². The molecule has 0 bridgehead atoms. The number of amides is 1. The highest BCUT2D eigenvalue weighted by Gasteiger charge is 2.37. The predicted octanol–water partition coefficient (Wildman–Crippen LogP) is 5.31. The van der Waals surface area contributed by atoms with E-state index in [1.165, 1.54) is 0 Å². The lowest BCUT2D eigenvalue weighted by Crippen LogP contribution is -2.43. The molecule has 31 heavy (non-hydrogen) atoms. The van der Waals surface area contributed by atoms with Crippen molar-refractivity contribution in [3.8, 4) is 11.4 Å². The molecule has 1 aliphatic heterocycles. The fourth-order valence-electron chi connectivity index (χ4n) is 3.90. The molecule has 1 aromatic heterocycles. The van der Waals surface area contributed by atoms with E-state index in [1.807, 2.05) is 55.5 Å². The first-order chi connectivity index (χ1) is 15.0. The Balaban J connectivity index is 1.68. The number of anilines is 2. The van der Waals surface area contributed by atoms with Crippen LogP contribution in [0.1, 0.15) is 27.8 Å². The Bertz CT molecular complexity index is 1270. The quantitative estimate of drug-likeness (QED) is 0.462. The van der Waals surface area contributed by atoms with Crippen LogP contribution in [-0.2, 0) is 0 Å².